The van der Waals surface area contributed by atoms with Crippen molar-refractivity contribution in [3.8, 4) is 22.8 Å². The number of amides is 1. The number of nitrogens with one attached hydrogen (secondary N) is 1. The van der Waals surface area contributed by atoms with E-state index in [1.54, 1.807) is 36.4 Å². The standard InChI is InChI=1S/C20H16N2O5/c1-11(23)21-13-4-2-12(3-5-13)16-8-15(20(24)25)14-9-18-19(10-17(14)22-16)27-7-6-26-18/h2-5,8-10H,6-7H2,1H3,(H,21,23)(H,24,25). The summed E-state index contributed by atoms with van der Waals surface area (Å²) >= 11 is 0. The van der Waals surface area contributed by atoms with Crippen LogP contribution < -0.4 is 14.8 Å². The molecule has 1 aliphatic heterocycles. The lowest BCUT2D eigenvalue weighted by Crippen LogP contribution is -2.15. The molecule has 2 N–H and O–H groups in total. The maximum Gasteiger partial charge on any atom is 0.336 e. The minimum atomic E-state index is -1.05. The van der Waals surface area contributed by atoms with E-state index in [0.29, 0.717) is 47.0 Å². The molecule has 0 fully saturated rings. The maximum atomic E-state index is 11.8. The van der Waals surface area contributed by atoms with Crippen LogP contribution in [-0.2, 0) is 4.79 Å². The third kappa shape index (κ3) is 3.27. The number of carbonyl (C=O) groups is 2. The fourth-order valence-corrected chi connectivity index (χ4v) is 3.02. The Balaban J connectivity index is 1.83. The van der Waals surface area contributed by atoms with Crippen molar-refractivity contribution in [2.75, 3.05) is 18.5 Å². The number of aromatic nitrogens is 1. The molecule has 27 heavy (non-hydrogen) atoms. The van der Waals surface area contributed by atoms with Gasteiger partial charge in [-0.2, -0.15) is 0 Å². The van der Waals surface area contributed by atoms with Gasteiger partial charge in [-0.15, -0.1) is 0 Å². The van der Waals surface area contributed by atoms with Gasteiger partial charge in [0, 0.05) is 29.6 Å². The average Bonchev–Trinajstić information content (AvgIpc) is 2.65. The Morgan fingerprint density at radius 1 is 1.04 bits per heavy atom. The number of carboxylic acid groups (broad SMARTS) is 1. The van der Waals surface area contributed by atoms with Gasteiger partial charge in [0.1, 0.15) is 13.2 Å². The average molecular weight is 364 g/mol. The van der Waals surface area contributed by atoms with Crippen LogP contribution in [0.15, 0.2) is 42.5 Å². The zero-order valence-electron chi connectivity index (χ0n) is 14.5. The summed E-state index contributed by atoms with van der Waals surface area (Å²) in [5, 5.41) is 12.8. The number of carboxylic acids is 1. The first-order chi connectivity index (χ1) is 13.0. The van der Waals surface area contributed by atoms with E-state index >= 15 is 0 Å². The predicted octanol–water partition coefficient (Wildman–Crippen LogP) is 3.33. The number of pyridine rings is 1. The number of hydrogen-bond acceptors (Lipinski definition) is 5. The monoisotopic (exact) mass is 364 g/mol. The molecule has 3 aromatic rings. The van der Waals surface area contributed by atoms with Crippen LogP contribution in [0.1, 0.15) is 17.3 Å². The van der Waals surface area contributed by atoms with E-state index in [4.69, 9.17) is 9.47 Å². The number of anilines is 1. The van der Waals surface area contributed by atoms with E-state index in [0.717, 1.165) is 5.56 Å². The van der Waals surface area contributed by atoms with E-state index in [1.807, 2.05) is 0 Å². The number of nitrogens with zero attached hydrogens (tertiary/aromatic N) is 1. The first kappa shape index (κ1) is 16.8. The van der Waals surface area contributed by atoms with Gasteiger partial charge in [0.2, 0.25) is 5.91 Å². The summed E-state index contributed by atoms with van der Waals surface area (Å²) in [6.07, 6.45) is 0. The van der Waals surface area contributed by atoms with Gasteiger partial charge in [0.05, 0.1) is 16.8 Å². The van der Waals surface area contributed by atoms with Crippen LogP contribution in [-0.4, -0.2) is 35.2 Å². The van der Waals surface area contributed by atoms with E-state index in [-0.39, 0.29) is 11.5 Å². The van der Waals surface area contributed by atoms with E-state index in [9.17, 15) is 14.7 Å². The fourth-order valence-electron chi connectivity index (χ4n) is 3.02. The Bertz CT molecular complexity index is 1060. The largest absolute Gasteiger partial charge is 0.486 e. The summed E-state index contributed by atoms with van der Waals surface area (Å²) in [4.78, 5) is 27.5. The van der Waals surface area contributed by atoms with Crippen molar-refractivity contribution in [1.29, 1.82) is 0 Å². The smallest absolute Gasteiger partial charge is 0.336 e. The third-order valence-corrected chi connectivity index (χ3v) is 4.20. The molecule has 7 heteroatoms. The zero-order chi connectivity index (χ0) is 19.0. The van der Waals surface area contributed by atoms with E-state index in [1.165, 1.54) is 13.0 Å². The SMILES string of the molecule is CC(=O)Nc1ccc(-c2cc(C(=O)O)c3cc4c(cc3n2)OCCO4)cc1. The topological polar surface area (TPSA) is 97.8 Å². The van der Waals surface area contributed by atoms with Gasteiger partial charge < -0.3 is 19.9 Å². The van der Waals surface area contributed by atoms with Crippen LogP contribution in [0.2, 0.25) is 0 Å². The van der Waals surface area contributed by atoms with Crippen molar-refractivity contribution in [3.63, 3.8) is 0 Å². The van der Waals surface area contributed by atoms with Gasteiger partial charge in [0.15, 0.2) is 11.5 Å². The number of rotatable bonds is 3. The van der Waals surface area contributed by atoms with Crippen molar-refractivity contribution in [2.24, 2.45) is 0 Å². The Kier molecular flexibility index (Phi) is 4.12. The molecule has 1 aromatic heterocycles. The maximum absolute atomic E-state index is 11.8. The molecule has 0 saturated heterocycles. The Labute approximate surface area is 154 Å². The summed E-state index contributed by atoms with van der Waals surface area (Å²) in [7, 11) is 0. The zero-order valence-corrected chi connectivity index (χ0v) is 14.5. The highest BCUT2D eigenvalue weighted by Gasteiger charge is 2.19. The Hall–Kier alpha value is -3.61. The van der Waals surface area contributed by atoms with E-state index in [2.05, 4.69) is 10.3 Å². The van der Waals surface area contributed by atoms with Gasteiger partial charge >= 0.3 is 5.97 Å². The fraction of sp³-hybridized carbons (Fsp3) is 0.150. The first-order valence-electron chi connectivity index (χ1n) is 8.37. The minimum absolute atomic E-state index is 0.137. The molecule has 2 heterocycles. The summed E-state index contributed by atoms with van der Waals surface area (Å²) in [6.45, 7) is 2.30. The molecule has 136 valence electrons. The number of aromatic carboxylic acids is 1. The van der Waals surface area contributed by atoms with Crippen LogP contribution in [0.4, 0.5) is 5.69 Å². The number of fused-ring (bicyclic) bond motifs is 2. The van der Waals surface area contributed by atoms with Gasteiger partial charge in [-0.25, -0.2) is 9.78 Å². The molecule has 4 rings (SSSR count). The number of hydrogen-bond donors (Lipinski definition) is 2. The van der Waals surface area contributed by atoms with Crippen LogP contribution >= 0.6 is 0 Å². The first-order valence-corrected chi connectivity index (χ1v) is 8.37. The molecule has 0 aliphatic carbocycles. The Morgan fingerprint density at radius 3 is 2.33 bits per heavy atom. The van der Waals surface area contributed by atoms with Gasteiger partial charge in [-0.1, -0.05) is 12.1 Å². The molecule has 1 amide bonds. The second-order valence-electron chi connectivity index (χ2n) is 6.13. The predicted molar refractivity (Wildman–Crippen MR) is 99.4 cm³/mol. The highest BCUT2D eigenvalue weighted by Crippen LogP contribution is 2.36. The summed E-state index contributed by atoms with van der Waals surface area (Å²) in [5.74, 6) is -0.136. The highest BCUT2D eigenvalue weighted by molar-refractivity contribution is 6.04. The summed E-state index contributed by atoms with van der Waals surface area (Å²) in [5.41, 5.74) is 2.57. The molecule has 0 saturated carbocycles. The van der Waals surface area contributed by atoms with Crippen molar-refractivity contribution in [2.45, 2.75) is 6.92 Å². The van der Waals surface area contributed by atoms with Crippen molar-refractivity contribution in [3.05, 3.63) is 48.0 Å². The lowest BCUT2D eigenvalue weighted by molar-refractivity contribution is -0.114. The van der Waals surface area contributed by atoms with Crippen LogP contribution in [0.3, 0.4) is 0 Å². The second kappa shape index (κ2) is 6.60. The Morgan fingerprint density at radius 2 is 1.70 bits per heavy atom. The lowest BCUT2D eigenvalue weighted by atomic mass is 10.0. The van der Waals surface area contributed by atoms with Crippen molar-refractivity contribution in [1.82, 2.24) is 4.98 Å². The molecular weight excluding hydrogens is 348 g/mol. The third-order valence-electron chi connectivity index (χ3n) is 4.20. The molecular formula is C20H16N2O5. The molecule has 0 bridgehead atoms. The normalized spacial score (nSPS) is 12.6. The number of carbonyl (C=O) groups excluding carboxylic acids is 1. The summed E-state index contributed by atoms with van der Waals surface area (Å²) in [6, 6.07) is 11.9. The number of ether oxygens (including phenoxy) is 2. The van der Waals surface area contributed by atoms with Crippen LogP contribution in [0.5, 0.6) is 11.5 Å². The van der Waals surface area contributed by atoms with E-state index < -0.39 is 5.97 Å². The lowest BCUT2D eigenvalue weighted by Gasteiger charge is -2.19. The van der Waals surface area contributed by atoms with Gasteiger partial charge in [0.25, 0.3) is 0 Å². The highest BCUT2D eigenvalue weighted by atomic mass is 16.6. The van der Waals surface area contributed by atoms with Crippen molar-refractivity contribution < 1.29 is 24.2 Å². The molecule has 0 spiro atoms. The molecule has 0 radical (unpaired) electrons. The van der Waals surface area contributed by atoms with Gasteiger partial charge in [-0.3, -0.25) is 4.79 Å². The minimum Gasteiger partial charge on any atom is -0.486 e. The second-order valence-corrected chi connectivity index (χ2v) is 6.13. The molecule has 0 unspecified atom stereocenters. The van der Waals surface area contributed by atoms with Crippen LogP contribution in [0, 0.1) is 0 Å². The van der Waals surface area contributed by atoms with Crippen molar-refractivity contribution >= 4 is 28.5 Å². The quantitative estimate of drug-likeness (QED) is 0.740. The molecule has 2 aromatic carbocycles. The molecule has 7 nitrogen and oxygen atoms in total. The van der Waals surface area contributed by atoms with Gasteiger partial charge in [-0.05, 0) is 24.3 Å². The molecule has 0 atom stereocenters. The molecule has 1 aliphatic rings. The summed E-state index contributed by atoms with van der Waals surface area (Å²) < 4.78 is 11.1. The van der Waals surface area contributed by atoms with Crippen LogP contribution in [0.25, 0.3) is 22.2 Å². The number of benzene rings is 2.